The van der Waals surface area contributed by atoms with Gasteiger partial charge in [0.2, 0.25) is 0 Å². The molecule has 2 rings (SSSR count). The number of benzene rings is 2. The molecular weight excluding hydrogens is 409 g/mol. The quantitative estimate of drug-likeness (QED) is 0.238. The molecule has 8 heteroatoms. The maximum absolute atomic E-state index is 14.0. The molecular formula is C21H27ClFN3O2Si. The molecule has 0 aliphatic carbocycles. The second kappa shape index (κ2) is 9.50. The van der Waals surface area contributed by atoms with Crippen molar-refractivity contribution in [3.8, 4) is 11.1 Å². The van der Waals surface area contributed by atoms with E-state index < -0.39 is 19.9 Å². The largest absolute Gasteiger partial charge is 0.465 e. The second-order valence-corrected chi connectivity index (χ2v) is 13.0. The van der Waals surface area contributed by atoms with Crippen LogP contribution in [0, 0.1) is 5.82 Å². The molecule has 0 N–H and O–H groups in total. The average Bonchev–Trinajstić information content (AvgIpc) is 2.66. The first-order chi connectivity index (χ1) is 13.6. The Labute approximate surface area is 177 Å². The number of halogens is 2. The molecule has 0 radical (unpaired) electrons. The molecule has 2 aromatic carbocycles. The maximum atomic E-state index is 14.0. The molecule has 0 aromatic heterocycles. The number of ether oxygens (including phenoxy) is 1. The normalized spacial score (nSPS) is 11.7. The zero-order chi connectivity index (χ0) is 21.8. The van der Waals surface area contributed by atoms with Crippen LogP contribution in [0.2, 0.25) is 24.7 Å². The fourth-order valence-corrected chi connectivity index (χ4v) is 5.84. The van der Waals surface area contributed by atoms with E-state index in [1.807, 2.05) is 13.8 Å². The summed E-state index contributed by atoms with van der Waals surface area (Å²) in [6.07, 6.45) is 0. The number of carbonyl (C=O) groups excluding carboxylic acids is 1. The van der Waals surface area contributed by atoms with Gasteiger partial charge < -0.3 is 4.74 Å². The molecule has 0 spiro atoms. The SMILES string of the molecule is CCN(CC)/N=N/c1c(-c2cccc(F)c2)c(C(=O)OC)cc(Cl)c1[Si](C)(C)C. The number of rotatable bonds is 7. The van der Waals surface area contributed by atoms with E-state index in [0.29, 0.717) is 34.9 Å². The van der Waals surface area contributed by atoms with E-state index in [2.05, 4.69) is 30.0 Å². The van der Waals surface area contributed by atoms with Gasteiger partial charge in [-0.25, -0.2) is 9.18 Å². The second-order valence-electron chi connectivity index (χ2n) is 7.58. The van der Waals surface area contributed by atoms with Crippen LogP contribution in [0.15, 0.2) is 40.7 Å². The predicted molar refractivity (Wildman–Crippen MR) is 119 cm³/mol. The van der Waals surface area contributed by atoms with Gasteiger partial charge in [-0.05, 0) is 42.8 Å². The molecule has 0 aliphatic rings. The molecule has 0 aliphatic heterocycles. The molecule has 0 fully saturated rings. The van der Waals surface area contributed by atoms with Crippen molar-refractivity contribution in [1.82, 2.24) is 5.01 Å². The standard InChI is InChI=1S/C21H27ClFN3O2Si/c1-7-26(8-2)25-24-19-18(14-10-9-11-15(23)12-14)16(21(27)28-3)13-17(22)20(19)29(4,5)6/h9-13H,7-8H2,1-6H3/b25-24+. The minimum atomic E-state index is -2.01. The van der Waals surface area contributed by atoms with Crippen LogP contribution >= 0.6 is 11.6 Å². The average molecular weight is 436 g/mol. The lowest BCUT2D eigenvalue weighted by atomic mass is 9.97. The molecule has 29 heavy (non-hydrogen) atoms. The van der Waals surface area contributed by atoms with Gasteiger partial charge in [-0.3, -0.25) is 5.01 Å². The minimum Gasteiger partial charge on any atom is -0.465 e. The summed E-state index contributed by atoms with van der Waals surface area (Å²) in [7, 11) is -0.710. The Hall–Kier alpha value is -2.25. The lowest BCUT2D eigenvalue weighted by Crippen LogP contribution is -2.39. The van der Waals surface area contributed by atoms with Crippen molar-refractivity contribution >= 4 is 36.5 Å². The zero-order valence-electron chi connectivity index (χ0n) is 17.7. The van der Waals surface area contributed by atoms with Crippen LogP contribution in [0.3, 0.4) is 0 Å². The molecule has 156 valence electrons. The van der Waals surface area contributed by atoms with E-state index in [-0.39, 0.29) is 5.56 Å². The Balaban J connectivity index is 2.96. The first-order valence-corrected chi connectivity index (χ1v) is 13.4. The fraction of sp³-hybridized carbons (Fsp3) is 0.381. The van der Waals surface area contributed by atoms with Crippen molar-refractivity contribution in [2.24, 2.45) is 10.3 Å². The van der Waals surface area contributed by atoms with Gasteiger partial charge in [-0.1, -0.05) is 48.6 Å². The summed E-state index contributed by atoms with van der Waals surface area (Å²) < 4.78 is 19.0. The number of nitrogens with zero attached hydrogens (tertiary/aromatic N) is 3. The third kappa shape index (κ3) is 5.22. The van der Waals surface area contributed by atoms with E-state index in [4.69, 9.17) is 16.3 Å². The topological polar surface area (TPSA) is 54.3 Å². The van der Waals surface area contributed by atoms with Gasteiger partial charge in [0.1, 0.15) is 5.82 Å². The van der Waals surface area contributed by atoms with E-state index in [0.717, 1.165) is 5.19 Å². The Morgan fingerprint density at radius 3 is 2.38 bits per heavy atom. The summed E-state index contributed by atoms with van der Waals surface area (Å²) in [5, 5.41) is 12.0. The molecule has 0 saturated heterocycles. The van der Waals surface area contributed by atoms with Gasteiger partial charge in [0.05, 0.1) is 26.4 Å². The van der Waals surface area contributed by atoms with E-state index in [1.165, 1.54) is 19.2 Å². The van der Waals surface area contributed by atoms with Crippen molar-refractivity contribution in [2.45, 2.75) is 33.5 Å². The highest BCUT2D eigenvalue weighted by Crippen LogP contribution is 2.38. The third-order valence-corrected chi connectivity index (χ3v) is 6.99. The number of esters is 1. The Morgan fingerprint density at radius 2 is 1.86 bits per heavy atom. The highest BCUT2D eigenvalue weighted by molar-refractivity contribution is 6.91. The number of hydrogen-bond donors (Lipinski definition) is 0. The summed E-state index contributed by atoms with van der Waals surface area (Å²) in [4.78, 5) is 12.6. The van der Waals surface area contributed by atoms with Crippen molar-refractivity contribution in [2.75, 3.05) is 20.2 Å². The highest BCUT2D eigenvalue weighted by atomic mass is 35.5. The van der Waals surface area contributed by atoms with Crippen LogP contribution < -0.4 is 5.19 Å². The van der Waals surface area contributed by atoms with Crippen LogP contribution in [0.1, 0.15) is 24.2 Å². The number of methoxy groups -OCH3 is 1. The summed E-state index contributed by atoms with van der Waals surface area (Å²) in [5.74, 6) is -0.970. The van der Waals surface area contributed by atoms with Gasteiger partial charge in [0.15, 0.2) is 0 Å². The van der Waals surface area contributed by atoms with E-state index in [9.17, 15) is 9.18 Å². The van der Waals surface area contributed by atoms with Crippen molar-refractivity contribution < 1.29 is 13.9 Å². The first-order valence-electron chi connectivity index (χ1n) is 9.51. The molecule has 0 saturated carbocycles. The van der Waals surface area contributed by atoms with Gasteiger partial charge in [0, 0.05) is 23.7 Å². The van der Waals surface area contributed by atoms with Crippen LogP contribution in [0.4, 0.5) is 10.1 Å². The lowest BCUT2D eigenvalue weighted by Gasteiger charge is -2.24. The summed E-state index contributed by atoms with van der Waals surface area (Å²) in [6.45, 7) is 11.7. The van der Waals surface area contributed by atoms with Gasteiger partial charge in [0.25, 0.3) is 0 Å². The molecule has 0 unspecified atom stereocenters. The Bertz CT molecular complexity index is 925. The zero-order valence-corrected chi connectivity index (χ0v) is 19.5. The summed E-state index contributed by atoms with van der Waals surface area (Å²) in [5.41, 5.74) is 1.73. The highest BCUT2D eigenvalue weighted by Gasteiger charge is 2.30. The molecule has 0 atom stereocenters. The fourth-order valence-electron chi connectivity index (χ4n) is 3.12. The van der Waals surface area contributed by atoms with Crippen LogP contribution in [-0.2, 0) is 4.74 Å². The number of carbonyl (C=O) groups is 1. The Kier molecular flexibility index (Phi) is 7.54. The molecule has 0 heterocycles. The molecule has 2 aromatic rings. The van der Waals surface area contributed by atoms with Crippen LogP contribution in [0.25, 0.3) is 11.1 Å². The van der Waals surface area contributed by atoms with Crippen molar-refractivity contribution in [3.63, 3.8) is 0 Å². The molecule has 0 amide bonds. The number of hydrogen-bond acceptors (Lipinski definition) is 4. The molecule has 5 nitrogen and oxygen atoms in total. The van der Waals surface area contributed by atoms with Crippen molar-refractivity contribution in [1.29, 1.82) is 0 Å². The lowest BCUT2D eigenvalue weighted by molar-refractivity contribution is 0.0601. The summed E-state index contributed by atoms with van der Waals surface area (Å²) in [6, 6.07) is 7.66. The van der Waals surface area contributed by atoms with Gasteiger partial charge in [-0.15, -0.1) is 5.11 Å². The van der Waals surface area contributed by atoms with Gasteiger partial charge in [-0.2, -0.15) is 0 Å². The van der Waals surface area contributed by atoms with Crippen molar-refractivity contribution in [3.05, 3.63) is 46.7 Å². The van der Waals surface area contributed by atoms with Crippen LogP contribution in [-0.4, -0.2) is 39.3 Å². The predicted octanol–water partition coefficient (Wildman–Crippen LogP) is 5.82. The maximum Gasteiger partial charge on any atom is 0.338 e. The van der Waals surface area contributed by atoms with Gasteiger partial charge >= 0.3 is 5.97 Å². The van der Waals surface area contributed by atoms with E-state index >= 15 is 0 Å². The third-order valence-electron chi connectivity index (χ3n) is 4.52. The van der Waals surface area contributed by atoms with Crippen LogP contribution in [0.5, 0.6) is 0 Å². The first kappa shape index (κ1) is 23.0. The smallest absolute Gasteiger partial charge is 0.338 e. The monoisotopic (exact) mass is 435 g/mol. The minimum absolute atomic E-state index is 0.235. The Morgan fingerprint density at radius 1 is 1.21 bits per heavy atom. The summed E-state index contributed by atoms with van der Waals surface area (Å²) >= 11 is 6.63. The van der Waals surface area contributed by atoms with E-state index in [1.54, 1.807) is 23.2 Å². The molecule has 0 bridgehead atoms.